The summed E-state index contributed by atoms with van der Waals surface area (Å²) in [5.74, 6) is -1.91. The second-order valence-electron chi connectivity index (χ2n) is 4.83. The zero-order valence-electron chi connectivity index (χ0n) is 13.7. The van der Waals surface area contributed by atoms with E-state index in [-0.39, 0.29) is 11.5 Å². The highest BCUT2D eigenvalue weighted by Gasteiger charge is 1.97. The third-order valence-electron chi connectivity index (χ3n) is 2.92. The quantitative estimate of drug-likeness (QED) is 0.519. The maximum atomic E-state index is 10.2. The number of phenolic OH excluding ortho intramolecular Hbond substituents is 2. The molecule has 0 aliphatic rings. The van der Waals surface area contributed by atoms with Crippen molar-refractivity contribution in [1.82, 2.24) is 0 Å². The van der Waals surface area contributed by atoms with E-state index in [1.807, 2.05) is 0 Å². The van der Waals surface area contributed by atoms with E-state index in [9.17, 15) is 9.59 Å². The van der Waals surface area contributed by atoms with Crippen LogP contribution in [0.2, 0.25) is 0 Å². The lowest BCUT2D eigenvalue weighted by molar-refractivity contribution is 0.0686. The van der Waals surface area contributed by atoms with Crippen molar-refractivity contribution >= 4 is 11.9 Å². The fourth-order valence-corrected chi connectivity index (χ4v) is 1.63. The molecule has 0 unspecified atom stereocenters. The average molecular weight is 354 g/mol. The average Bonchev–Trinajstić information content (AvgIpc) is 2.66. The minimum Gasteiger partial charge on any atom is -0.504 e. The minimum absolute atomic E-state index is 0.0764. The Kier molecular flexibility index (Phi) is 8.47. The first-order chi connectivity index (χ1) is 12.4. The molecule has 0 heterocycles. The SMILES string of the molecule is O=C(O)c1ccccc1.O=C(O)c1ccccc1.Oc1ccccc1O. The van der Waals surface area contributed by atoms with Gasteiger partial charge in [0.2, 0.25) is 0 Å². The van der Waals surface area contributed by atoms with E-state index in [0.717, 1.165) is 0 Å². The van der Waals surface area contributed by atoms with Crippen molar-refractivity contribution in [2.75, 3.05) is 0 Å². The molecule has 6 heteroatoms. The lowest BCUT2D eigenvalue weighted by Gasteiger charge is -1.91. The van der Waals surface area contributed by atoms with Crippen molar-refractivity contribution in [1.29, 1.82) is 0 Å². The van der Waals surface area contributed by atoms with Crippen molar-refractivity contribution in [3.8, 4) is 11.5 Å². The highest BCUT2D eigenvalue weighted by atomic mass is 16.4. The molecule has 3 aromatic rings. The van der Waals surface area contributed by atoms with Crippen molar-refractivity contribution in [3.05, 3.63) is 96.1 Å². The van der Waals surface area contributed by atoms with Crippen LogP contribution in [0.3, 0.4) is 0 Å². The van der Waals surface area contributed by atoms with Gasteiger partial charge in [-0.1, -0.05) is 48.5 Å². The van der Waals surface area contributed by atoms with E-state index in [4.69, 9.17) is 20.4 Å². The Morgan fingerprint density at radius 3 is 0.962 bits per heavy atom. The van der Waals surface area contributed by atoms with Crippen LogP contribution in [0.15, 0.2) is 84.9 Å². The molecule has 4 N–H and O–H groups in total. The molecule has 0 saturated heterocycles. The van der Waals surface area contributed by atoms with Crippen LogP contribution < -0.4 is 0 Å². The topological polar surface area (TPSA) is 115 Å². The first-order valence-corrected chi connectivity index (χ1v) is 7.45. The smallest absolute Gasteiger partial charge is 0.335 e. The molecule has 0 amide bonds. The van der Waals surface area contributed by atoms with Crippen molar-refractivity contribution in [2.45, 2.75) is 0 Å². The van der Waals surface area contributed by atoms with Crippen LogP contribution in [-0.2, 0) is 0 Å². The van der Waals surface area contributed by atoms with Gasteiger partial charge < -0.3 is 20.4 Å². The van der Waals surface area contributed by atoms with Gasteiger partial charge in [-0.3, -0.25) is 0 Å². The monoisotopic (exact) mass is 354 g/mol. The predicted molar refractivity (Wildman–Crippen MR) is 96.6 cm³/mol. The molecule has 0 spiro atoms. The summed E-state index contributed by atoms with van der Waals surface area (Å²) in [5, 5.41) is 34.1. The van der Waals surface area contributed by atoms with Gasteiger partial charge >= 0.3 is 11.9 Å². The molecule has 0 bridgehead atoms. The van der Waals surface area contributed by atoms with Gasteiger partial charge in [-0.2, -0.15) is 0 Å². The molecule has 26 heavy (non-hydrogen) atoms. The third kappa shape index (κ3) is 7.65. The summed E-state index contributed by atoms with van der Waals surface area (Å²) in [4.78, 5) is 20.4. The molecule has 0 aromatic heterocycles. The number of hydrogen-bond donors (Lipinski definition) is 4. The lowest BCUT2D eigenvalue weighted by Crippen LogP contribution is -1.93. The first kappa shape index (κ1) is 20.2. The second kappa shape index (κ2) is 10.9. The molecular formula is C20H18O6. The highest BCUT2D eigenvalue weighted by Crippen LogP contribution is 2.21. The molecule has 0 saturated carbocycles. The van der Waals surface area contributed by atoms with Gasteiger partial charge in [0.05, 0.1) is 11.1 Å². The summed E-state index contributed by atoms with van der Waals surface area (Å²) >= 11 is 0. The fourth-order valence-electron chi connectivity index (χ4n) is 1.63. The Bertz CT molecular complexity index is 745. The molecule has 3 aromatic carbocycles. The van der Waals surface area contributed by atoms with E-state index in [1.165, 1.54) is 12.1 Å². The van der Waals surface area contributed by atoms with Crippen molar-refractivity contribution in [3.63, 3.8) is 0 Å². The van der Waals surface area contributed by atoms with Gasteiger partial charge in [-0.25, -0.2) is 9.59 Å². The number of aromatic carboxylic acids is 2. The van der Waals surface area contributed by atoms with Crippen LogP contribution in [0.4, 0.5) is 0 Å². The Balaban J connectivity index is 0.000000195. The molecule has 0 fully saturated rings. The minimum atomic E-state index is -0.879. The number of para-hydroxylation sites is 2. The van der Waals surface area contributed by atoms with Gasteiger partial charge in [0.1, 0.15) is 0 Å². The van der Waals surface area contributed by atoms with Crippen LogP contribution in [0, 0.1) is 0 Å². The highest BCUT2D eigenvalue weighted by molar-refractivity contribution is 5.87. The Labute approximate surface area is 150 Å². The largest absolute Gasteiger partial charge is 0.504 e. The Morgan fingerprint density at radius 2 is 0.769 bits per heavy atom. The number of phenols is 2. The number of carbonyl (C=O) groups is 2. The van der Waals surface area contributed by atoms with Gasteiger partial charge in [0.15, 0.2) is 11.5 Å². The molecule has 6 nitrogen and oxygen atoms in total. The van der Waals surface area contributed by atoms with Crippen LogP contribution in [-0.4, -0.2) is 32.4 Å². The van der Waals surface area contributed by atoms with E-state index >= 15 is 0 Å². The van der Waals surface area contributed by atoms with E-state index < -0.39 is 11.9 Å². The molecular weight excluding hydrogens is 336 g/mol. The summed E-state index contributed by atoms with van der Waals surface area (Å²) in [6.45, 7) is 0. The third-order valence-corrected chi connectivity index (χ3v) is 2.92. The second-order valence-corrected chi connectivity index (χ2v) is 4.83. The summed E-state index contributed by atoms with van der Waals surface area (Å²) in [6.07, 6.45) is 0. The molecule has 0 aliphatic heterocycles. The van der Waals surface area contributed by atoms with E-state index in [1.54, 1.807) is 72.8 Å². The van der Waals surface area contributed by atoms with Crippen LogP contribution in [0.5, 0.6) is 11.5 Å². The van der Waals surface area contributed by atoms with Crippen LogP contribution in [0.25, 0.3) is 0 Å². The summed E-state index contributed by atoms with van der Waals surface area (Å²) < 4.78 is 0. The molecule has 0 aliphatic carbocycles. The summed E-state index contributed by atoms with van der Waals surface area (Å²) in [7, 11) is 0. The van der Waals surface area contributed by atoms with Gasteiger partial charge in [-0.05, 0) is 36.4 Å². The maximum absolute atomic E-state index is 10.2. The maximum Gasteiger partial charge on any atom is 0.335 e. The summed E-state index contributed by atoms with van der Waals surface area (Å²) in [5.41, 5.74) is 0.662. The van der Waals surface area contributed by atoms with Gasteiger partial charge in [-0.15, -0.1) is 0 Å². The van der Waals surface area contributed by atoms with Gasteiger partial charge in [0, 0.05) is 0 Å². The molecule has 134 valence electrons. The number of aromatic hydroxyl groups is 2. The standard InChI is InChI=1S/2C7H6O2.C6H6O2/c2*8-7(9)6-4-2-1-3-5-6;7-5-3-1-2-4-6(5)8/h2*1-5H,(H,8,9);1-4,7-8H. The lowest BCUT2D eigenvalue weighted by atomic mass is 10.2. The summed E-state index contributed by atoms with van der Waals surface area (Å²) in [6, 6.07) is 22.7. The van der Waals surface area contributed by atoms with Gasteiger partial charge in [0.25, 0.3) is 0 Å². The molecule has 0 radical (unpaired) electrons. The molecule has 0 atom stereocenters. The Hall–Kier alpha value is -3.80. The van der Waals surface area contributed by atoms with Crippen LogP contribution in [0.1, 0.15) is 20.7 Å². The fraction of sp³-hybridized carbons (Fsp3) is 0. The van der Waals surface area contributed by atoms with E-state index in [0.29, 0.717) is 11.1 Å². The number of carboxylic acids is 2. The predicted octanol–water partition coefficient (Wildman–Crippen LogP) is 3.87. The van der Waals surface area contributed by atoms with Crippen LogP contribution >= 0.6 is 0 Å². The zero-order valence-corrected chi connectivity index (χ0v) is 13.7. The van der Waals surface area contributed by atoms with Crippen molar-refractivity contribution < 1.29 is 30.0 Å². The van der Waals surface area contributed by atoms with E-state index in [2.05, 4.69) is 0 Å². The number of benzene rings is 3. The number of hydrogen-bond acceptors (Lipinski definition) is 4. The zero-order chi connectivity index (χ0) is 19.4. The first-order valence-electron chi connectivity index (χ1n) is 7.45. The molecule has 3 rings (SSSR count). The number of carboxylic acid groups (broad SMARTS) is 2. The normalized spacial score (nSPS) is 8.92. The number of rotatable bonds is 2. The Morgan fingerprint density at radius 1 is 0.500 bits per heavy atom. The van der Waals surface area contributed by atoms with Crippen molar-refractivity contribution in [2.24, 2.45) is 0 Å².